The maximum atomic E-state index is 15.8. The lowest BCUT2D eigenvalue weighted by Gasteiger charge is -2.62. The standard InChI is InChI=1S/C47H52F2N10O5S/c1-51-45(62)58(14-5-17-60)43-34-19-37(49)41(20-40(34)55(2)53-43)57-26-46(27-57)21-29(22-46)56-15-12-47(13-16-56)23-30(25-63-47)59-28-52-38-10-8-31(18-33(38)44(59)61)64-42-35(24-50)39(11-9-36(42)48)54-65-32-6-3-4-7-32/h8-11,17-20,28-30,32,54H,3-7,12-16,21-23,25-27H2,1-2H3,(H,51,62). The highest BCUT2D eigenvalue weighted by Gasteiger charge is 2.55. The van der Waals surface area contributed by atoms with E-state index < -0.39 is 11.8 Å². The van der Waals surface area contributed by atoms with Gasteiger partial charge < -0.3 is 34.1 Å². The third-order valence-corrected chi connectivity index (χ3v) is 15.6. The Bertz CT molecular complexity index is 2770. The van der Waals surface area contributed by atoms with Crippen molar-refractivity contribution in [3.05, 3.63) is 76.3 Å². The quantitative estimate of drug-likeness (QED) is 0.0943. The molecule has 18 heteroatoms. The van der Waals surface area contributed by atoms with Crippen LogP contribution in [0, 0.1) is 28.4 Å². The smallest absolute Gasteiger partial charge is 0.322 e. The number of halogens is 2. The number of carbonyl (C=O) groups excluding carboxylic acids is 2. The molecule has 0 bridgehead atoms. The maximum Gasteiger partial charge on any atom is 0.322 e. The fourth-order valence-electron chi connectivity index (χ4n) is 10.9. The molecule has 1 atom stereocenters. The van der Waals surface area contributed by atoms with Gasteiger partial charge in [0.1, 0.15) is 29.5 Å². The summed E-state index contributed by atoms with van der Waals surface area (Å²) < 4.78 is 50.0. The number of aldehydes is 1. The van der Waals surface area contributed by atoms with Gasteiger partial charge in [0.05, 0.1) is 52.4 Å². The lowest BCUT2D eigenvalue weighted by molar-refractivity contribution is -0.107. The molecule has 5 heterocycles. The third-order valence-electron chi connectivity index (χ3n) is 14.5. The van der Waals surface area contributed by atoms with Gasteiger partial charge in [-0.05, 0) is 99.4 Å². The van der Waals surface area contributed by atoms with Crippen molar-refractivity contribution in [2.45, 2.75) is 87.1 Å². The Morgan fingerprint density at radius 2 is 1.85 bits per heavy atom. The molecule has 2 aliphatic carbocycles. The number of hydrogen-bond donors (Lipinski definition) is 2. The predicted molar refractivity (Wildman–Crippen MR) is 245 cm³/mol. The van der Waals surface area contributed by atoms with Crippen LogP contribution in [-0.4, -0.2) is 99.8 Å². The van der Waals surface area contributed by atoms with Gasteiger partial charge in [-0.2, -0.15) is 10.4 Å². The Hall–Kier alpha value is -5.77. The van der Waals surface area contributed by atoms with Crippen LogP contribution < -0.4 is 30.1 Å². The second kappa shape index (κ2) is 17.2. The summed E-state index contributed by atoms with van der Waals surface area (Å²) in [7, 11) is 3.27. The molecular formula is C47H52F2N10O5S. The van der Waals surface area contributed by atoms with Crippen molar-refractivity contribution in [2.75, 3.05) is 60.9 Å². The van der Waals surface area contributed by atoms with E-state index in [2.05, 4.69) is 36.0 Å². The van der Waals surface area contributed by atoms with E-state index in [4.69, 9.17) is 9.47 Å². The summed E-state index contributed by atoms with van der Waals surface area (Å²) in [4.78, 5) is 48.4. The Kier molecular flexibility index (Phi) is 11.4. The number of hydrogen-bond acceptors (Lipinski definition) is 12. The van der Waals surface area contributed by atoms with E-state index in [1.54, 1.807) is 58.8 Å². The zero-order valence-electron chi connectivity index (χ0n) is 36.5. The highest BCUT2D eigenvalue weighted by molar-refractivity contribution is 8.01. The summed E-state index contributed by atoms with van der Waals surface area (Å²) in [6, 6.07) is 12.9. The molecule has 15 nitrogen and oxygen atoms in total. The van der Waals surface area contributed by atoms with Crippen LogP contribution in [0.3, 0.4) is 0 Å². The van der Waals surface area contributed by atoms with Gasteiger partial charge in [0.15, 0.2) is 17.4 Å². The molecule has 2 aromatic heterocycles. The van der Waals surface area contributed by atoms with Crippen molar-refractivity contribution in [1.82, 2.24) is 29.5 Å². The van der Waals surface area contributed by atoms with Crippen molar-refractivity contribution in [3.8, 4) is 17.6 Å². The summed E-state index contributed by atoms with van der Waals surface area (Å²) in [5.74, 6) is -0.681. The number of amides is 2. The minimum Gasteiger partial charge on any atom is -0.453 e. The monoisotopic (exact) mass is 906 g/mol. The van der Waals surface area contributed by atoms with E-state index in [1.165, 1.54) is 36.9 Å². The zero-order chi connectivity index (χ0) is 45.0. The molecular weight excluding hydrogens is 855 g/mol. The second-order valence-corrected chi connectivity index (χ2v) is 19.6. The molecule has 3 aromatic carbocycles. The van der Waals surface area contributed by atoms with Crippen molar-refractivity contribution in [1.29, 1.82) is 5.26 Å². The molecule has 3 saturated heterocycles. The van der Waals surface area contributed by atoms with E-state index in [1.807, 2.05) is 6.07 Å². The average molecular weight is 907 g/mol. The van der Waals surface area contributed by atoms with E-state index in [0.29, 0.717) is 63.3 Å². The molecule has 10 rings (SSSR count). The van der Waals surface area contributed by atoms with Crippen molar-refractivity contribution < 1.29 is 27.8 Å². The number of carbonyl (C=O) groups is 2. The van der Waals surface area contributed by atoms with E-state index in [0.717, 1.165) is 71.0 Å². The van der Waals surface area contributed by atoms with Crippen LogP contribution in [0.15, 0.2) is 53.6 Å². The fourth-order valence-corrected chi connectivity index (χ4v) is 11.9. The Morgan fingerprint density at radius 1 is 1.06 bits per heavy atom. The number of nitrogens with zero attached hydrogens (tertiary/aromatic N) is 8. The summed E-state index contributed by atoms with van der Waals surface area (Å²) >= 11 is 1.55. The number of anilines is 3. The first-order valence-corrected chi connectivity index (χ1v) is 23.4. The van der Waals surface area contributed by atoms with Crippen molar-refractivity contribution >= 4 is 63.3 Å². The topological polar surface area (TPSA) is 163 Å². The van der Waals surface area contributed by atoms with Crippen LogP contribution in [0.2, 0.25) is 0 Å². The molecule has 3 aliphatic heterocycles. The van der Waals surface area contributed by atoms with Crippen LogP contribution in [0.4, 0.5) is 30.8 Å². The number of nitrogens with one attached hydrogen (secondary N) is 2. The summed E-state index contributed by atoms with van der Waals surface area (Å²) in [5.41, 5.74) is 1.86. The number of benzene rings is 3. The SMILES string of the molecule is CNC(=O)N(CCC=O)c1nn(C)c2cc(N3CC4(CC(N5CCC6(CC5)CC(n5cnc7ccc(Oc8c(F)ccc(NSC9CCCC9)c8C#N)cc7c5=O)CO6)C4)C3)c(F)cc12. The number of rotatable bonds is 12. The van der Waals surface area contributed by atoms with Gasteiger partial charge in [-0.3, -0.25) is 18.9 Å². The van der Waals surface area contributed by atoms with Crippen molar-refractivity contribution in [2.24, 2.45) is 12.5 Å². The molecule has 65 heavy (non-hydrogen) atoms. The molecule has 2 saturated carbocycles. The molecule has 5 aliphatic rings. The Labute approximate surface area is 379 Å². The zero-order valence-corrected chi connectivity index (χ0v) is 37.3. The minimum absolute atomic E-state index is 0.0653. The number of aromatic nitrogens is 4. The number of piperidine rings is 1. The number of likely N-dealkylation sites (tertiary alicyclic amines) is 1. The number of aryl methyl sites for hydroxylation is 1. The molecule has 0 radical (unpaired) electrons. The summed E-state index contributed by atoms with van der Waals surface area (Å²) in [6.07, 6.45) is 11.5. The van der Waals surface area contributed by atoms with Gasteiger partial charge in [0.2, 0.25) is 0 Å². The van der Waals surface area contributed by atoms with Gasteiger partial charge in [0, 0.05) is 75.3 Å². The van der Waals surface area contributed by atoms with Crippen LogP contribution in [0.1, 0.15) is 75.8 Å². The van der Waals surface area contributed by atoms with Crippen LogP contribution in [-0.2, 0) is 16.6 Å². The van der Waals surface area contributed by atoms with Crippen LogP contribution in [0.25, 0.3) is 21.8 Å². The first kappa shape index (κ1) is 43.1. The van der Waals surface area contributed by atoms with Crippen molar-refractivity contribution in [3.63, 3.8) is 0 Å². The third kappa shape index (κ3) is 7.94. The van der Waals surface area contributed by atoms with E-state index in [9.17, 15) is 19.6 Å². The molecule has 1 unspecified atom stereocenters. The Balaban J connectivity index is 0.750. The van der Waals surface area contributed by atoms with Gasteiger partial charge in [0.25, 0.3) is 5.56 Å². The first-order chi connectivity index (χ1) is 31.5. The predicted octanol–water partition coefficient (Wildman–Crippen LogP) is 7.43. The number of urea groups is 1. The molecule has 2 N–H and O–H groups in total. The van der Waals surface area contributed by atoms with Gasteiger partial charge >= 0.3 is 6.03 Å². The van der Waals surface area contributed by atoms with Gasteiger partial charge in [-0.15, -0.1) is 0 Å². The molecule has 340 valence electrons. The van der Waals surface area contributed by atoms with E-state index in [-0.39, 0.29) is 58.5 Å². The molecule has 2 spiro atoms. The fraction of sp³-hybridized carbons (Fsp3) is 0.489. The Morgan fingerprint density at radius 3 is 2.58 bits per heavy atom. The minimum atomic E-state index is -0.669. The van der Waals surface area contributed by atoms with Gasteiger partial charge in [-0.1, -0.05) is 12.8 Å². The summed E-state index contributed by atoms with van der Waals surface area (Å²) in [5, 5.41) is 18.4. The number of ether oxygens (including phenoxy) is 2. The molecule has 2 amide bonds. The first-order valence-electron chi connectivity index (χ1n) is 22.5. The average Bonchev–Trinajstić information content (AvgIpc) is 4.03. The van der Waals surface area contributed by atoms with Crippen LogP contribution >= 0.6 is 11.9 Å². The molecule has 5 aromatic rings. The molecule has 5 fully saturated rings. The number of fused-ring (bicyclic) bond motifs is 2. The largest absolute Gasteiger partial charge is 0.453 e. The number of nitriles is 1. The second-order valence-electron chi connectivity index (χ2n) is 18.5. The highest BCUT2D eigenvalue weighted by Crippen LogP contribution is 2.53. The van der Waals surface area contributed by atoms with Gasteiger partial charge in [-0.25, -0.2) is 18.6 Å². The lowest BCUT2D eigenvalue weighted by Crippen LogP contribution is -2.67. The van der Waals surface area contributed by atoms with E-state index >= 15 is 8.78 Å². The highest BCUT2D eigenvalue weighted by atomic mass is 32.2. The summed E-state index contributed by atoms with van der Waals surface area (Å²) in [6.45, 7) is 3.87. The lowest BCUT2D eigenvalue weighted by atomic mass is 9.59. The normalized spacial score (nSPS) is 20.5. The maximum absolute atomic E-state index is 15.8. The van der Waals surface area contributed by atoms with Crippen LogP contribution in [0.5, 0.6) is 11.5 Å².